The molecule has 0 fully saturated rings. The second kappa shape index (κ2) is 8.70. The monoisotopic (exact) mass is 426 g/mol. The van der Waals surface area contributed by atoms with Crippen LogP contribution in [-0.2, 0) is 10.0 Å². The molecule has 0 spiro atoms. The van der Waals surface area contributed by atoms with Crippen LogP contribution in [0.25, 0.3) is 0 Å². The first kappa shape index (κ1) is 20.9. The molecule has 154 valence electrons. The van der Waals surface area contributed by atoms with Crippen LogP contribution in [0.4, 0.5) is 11.4 Å². The largest absolute Gasteiger partial charge is 0.346 e. The Hall–Kier alpha value is -3.79. The molecule has 0 aliphatic heterocycles. The molecule has 3 rings (SSSR count). The van der Waals surface area contributed by atoms with Crippen LogP contribution >= 0.6 is 0 Å². The van der Waals surface area contributed by atoms with Gasteiger partial charge in [-0.3, -0.25) is 24.6 Å². The van der Waals surface area contributed by atoms with E-state index in [9.17, 15) is 23.3 Å². The third-order valence-electron chi connectivity index (χ3n) is 4.29. The number of nitro benzene ring substituents is 1. The van der Waals surface area contributed by atoms with Crippen molar-refractivity contribution in [1.29, 1.82) is 0 Å². The highest BCUT2D eigenvalue weighted by molar-refractivity contribution is 7.92. The molecule has 1 atom stereocenters. The van der Waals surface area contributed by atoms with Crippen LogP contribution in [0.15, 0.2) is 78.0 Å². The van der Waals surface area contributed by atoms with Gasteiger partial charge in [0.25, 0.3) is 21.6 Å². The number of rotatable bonds is 7. The van der Waals surface area contributed by atoms with Gasteiger partial charge >= 0.3 is 0 Å². The third kappa shape index (κ3) is 4.97. The summed E-state index contributed by atoms with van der Waals surface area (Å²) in [5.74, 6) is -0.431. The summed E-state index contributed by atoms with van der Waals surface area (Å²) >= 11 is 0. The summed E-state index contributed by atoms with van der Waals surface area (Å²) in [6.07, 6.45) is 2.93. The lowest BCUT2D eigenvalue weighted by Gasteiger charge is -2.14. The fourth-order valence-corrected chi connectivity index (χ4v) is 3.75. The van der Waals surface area contributed by atoms with Crippen molar-refractivity contribution in [2.45, 2.75) is 17.9 Å². The van der Waals surface area contributed by atoms with Crippen molar-refractivity contribution >= 4 is 27.3 Å². The molecule has 1 aromatic heterocycles. The Morgan fingerprint density at radius 1 is 1.07 bits per heavy atom. The second-order valence-corrected chi connectivity index (χ2v) is 8.10. The van der Waals surface area contributed by atoms with E-state index in [1.54, 1.807) is 19.1 Å². The lowest BCUT2D eigenvalue weighted by molar-refractivity contribution is -0.384. The third-order valence-corrected chi connectivity index (χ3v) is 5.69. The molecule has 10 heteroatoms. The van der Waals surface area contributed by atoms with Gasteiger partial charge in [0.2, 0.25) is 0 Å². The maximum absolute atomic E-state index is 12.5. The Labute approximate surface area is 173 Å². The van der Waals surface area contributed by atoms with Crippen molar-refractivity contribution in [1.82, 2.24) is 10.3 Å². The highest BCUT2D eigenvalue weighted by Crippen LogP contribution is 2.20. The SMILES string of the molecule is CC(NC(=O)c1ccc(S(=O)(=O)Nc2ccncc2)cc1)c1cccc([N+](=O)[O-])c1. The molecule has 30 heavy (non-hydrogen) atoms. The maximum atomic E-state index is 12.5. The van der Waals surface area contributed by atoms with Crippen molar-refractivity contribution in [3.63, 3.8) is 0 Å². The lowest BCUT2D eigenvalue weighted by Crippen LogP contribution is -2.26. The molecule has 2 N–H and O–H groups in total. The van der Waals surface area contributed by atoms with Gasteiger partial charge in [-0.25, -0.2) is 8.42 Å². The molecule has 1 heterocycles. The van der Waals surface area contributed by atoms with Gasteiger partial charge in [0.05, 0.1) is 21.5 Å². The highest BCUT2D eigenvalue weighted by Gasteiger charge is 2.17. The van der Waals surface area contributed by atoms with E-state index in [2.05, 4.69) is 15.0 Å². The van der Waals surface area contributed by atoms with Crippen LogP contribution in [0.3, 0.4) is 0 Å². The van der Waals surface area contributed by atoms with Crippen LogP contribution in [-0.4, -0.2) is 24.2 Å². The Kier molecular flexibility index (Phi) is 6.07. The lowest BCUT2D eigenvalue weighted by atomic mass is 10.1. The molecule has 0 saturated heterocycles. The molecule has 0 saturated carbocycles. The van der Waals surface area contributed by atoms with E-state index in [1.165, 1.54) is 60.9 Å². The quantitative estimate of drug-likeness (QED) is 0.440. The van der Waals surface area contributed by atoms with Crippen molar-refractivity contribution < 1.29 is 18.1 Å². The van der Waals surface area contributed by atoms with E-state index in [-0.39, 0.29) is 16.1 Å². The minimum atomic E-state index is -3.81. The molecule has 9 nitrogen and oxygen atoms in total. The predicted octanol–water partition coefficient (Wildman–Crippen LogP) is 3.28. The van der Waals surface area contributed by atoms with Crippen LogP contribution < -0.4 is 10.0 Å². The molecule has 1 amide bonds. The van der Waals surface area contributed by atoms with Gasteiger partial charge in [-0.2, -0.15) is 0 Å². The van der Waals surface area contributed by atoms with E-state index in [1.807, 2.05) is 0 Å². The van der Waals surface area contributed by atoms with Crippen LogP contribution in [0.5, 0.6) is 0 Å². The molecule has 0 bridgehead atoms. The Balaban J connectivity index is 1.70. The highest BCUT2D eigenvalue weighted by atomic mass is 32.2. The first-order valence-electron chi connectivity index (χ1n) is 8.84. The topological polar surface area (TPSA) is 131 Å². The molecule has 1 unspecified atom stereocenters. The van der Waals surface area contributed by atoms with Crippen LogP contribution in [0, 0.1) is 10.1 Å². The van der Waals surface area contributed by atoms with Crippen molar-refractivity contribution in [3.05, 3.63) is 94.3 Å². The summed E-state index contributed by atoms with van der Waals surface area (Å²) in [4.78, 5) is 26.7. The van der Waals surface area contributed by atoms with Crippen molar-refractivity contribution in [2.75, 3.05) is 4.72 Å². The van der Waals surface area contributed by atoms with Gasteiger partial charge < -0.3 is 5.32 Å². The smallest absolute Gasteiger partial charge is 0.269 e. The molecular weight excluding hydrogens is 408 g/mol. The summed E-state index contributed by atoms with van der Waals surface area (Å²) in [7, 11) is -3.81. The van der Waals surface area contributed by atoms with Crippen LogP contribution in [0.2, 0.25) is 0 Å². The number of pyridine rings is 1. The predicted molar refractivity (Wildman–Crippen MR) is 110 cm³/mol. The minimum Gasteiger partial charge on any atom is -0.346 e. The number of hydrogen-bond donors (Lipinski definition) is 2. The number of hydrogen-bond acceptors (Lipinski definition) is 6. The number of benzene rings is 2. The van der Waals surface area contributed by atoms with Gasteiger partial charge in [0, 0.05) is 30.1 Å². The molecule has 2 aromatic carbocycles. The zero-order valence-corrected chi connectivity index (χ0v) is 16.7. The summed E-state index contributed by atoms with van der Waals surface area (Å²) in [6.45, 7) is 1.70. The maximum Gasteiger partial charge on any atom is 0.269 e. The number of nitro groups is 1. The molecule has 0 aliphatic rings. The average Bonchev–Trinajstić information content (AvgIpc) is 2.74. The number of nitrogens with zero attached hydrogens (tertiary/aromatic N) is 2. The fraction of sp³-hybridized carbons (Fsp3) is 0.100. The van der Waals surface area contributed by atoms with Gasteiger partial charge in [0.1, 0.15) is 0 Å². The molecule has 0 aliphatic carbocycles. The van der Waals surface area contributed by atoms with E-state index in [4.69, 9.17) is 0 Å². The van der Waals surface area contributed by atoms with Gasteiger partial charge in [-0.05, 0) is 48.9 Å². The fourth-order valence-electron chi connectivity index (χ4n) is 2.69. The Morgan fingerprint density at radius 2 is 1.73 bits per heavy atom. The summed E-state index contributed by atoms with van der Waals surface area (Å²) in [5, 5.41) is 13.7. The van der Waals surface area contributed by atoms with Crippen LogP contribution in [0.1, 0.15) is 28.9 Å². The number of carbonyl (C=O) groups is 1. The Morgan fingerprint density at radius 3 is 2.37 bits per heavy atom. The first-order valence-corrected chi connectivity index (χ1v) is 10.3. The number of aromatic nitrogens is 1. The van der Waals surface area contributed by atoms with E-state index in [0.29, 0.717) is 11.3 Å². The molecule has 3 aromatic rings. The number of anilines is 1. The summed E-state index contributed by atoms with van der Waals surface area (Å²) < 4.78 is 27.3. The molecular formula is C20H18N4O5S. The standard InChI is InChI=1S/C20H18N4O5S/c1-14(16-3-2-4-18(13-16)24(26)27)22-20(25)15-5-7-19(8-6-15)30(28,29)23-17-9-11-21-12-10-17/h2-14H,1H3,(H,21,23)(H,22,25). The van der Waals surface area contributed by atoms with E-state index in [0.717, 1.165) is 0 Å². The first-order chi connectivity index (χ1) is 14.3. The Bertz CT molecular complexity index is 1170. The van der Waals surface area contributed by atoms with E-state index < -0.39 is 26.9 Å². The minimum absolute atomic E-state index is 0.00240. The number of amides is 1. The zero-order chi connectivity index (χ0) is 21.7. The normalized spacial score (nSPS) is 12.0. The number of carbonyl (C=O) groups excluding carboxylic acids is 1. The van der Waals surface area contributed by atoms with Crippen molar-refractivity contribution in [3.8, 4) is 0 Å². The van der Waals surface area contributed by atoms with Gasteiger partial charge in [0.15, 0.2) is 0 Å². The van der Waals surface area contributed by atoms with E-state index >= 15 is 0 Å². The summed E-state index contributed by atoms with van der Waals surface area (Å²) in [5.41, 5.74) is 1.15. The average molecular weight is 426 g/mol. The summed E-state index contributed by atoms with van der Waals surface area (Å²) in [6, 6.07) is 14.0. The second-order valence-electron chi connectivity index (χ2n) is 6.41. The van der Waals surface area contributed by atoms with Crippen molar-refractivity contribution in [2.24, 2.45) is 0 Å². The van der Waals surface area contributed by atoms with Gasteiger partial charge in [-0.15, -0.1) is 0 Å². The number of nitrogens with one attached hydrogen (secondary N) is 2. The van der Waals surface area contributed by atoms with Gasteiger partial charge in [-0.1, -0.05) is 12.1 Å². The number of sulfonamides is 1. The number of non-ortho nitro benzene ring substituents is 1. The molecule has 0 radical (unpaired) electrons. The zero-order valence-electron chi connectivity index (χ0n) is 15.8.